The van der Waals surface area contributed by atoms with Crippen molar-refractivity contribution in [3.8, 4) is 5.75 Å². The highest BCUT2D eigenvalue weighted by Gasteiger charge is 2.20. The molecule has 19 heavy (non-hydrogen) atoms. The van der Waals surface area contributed by atoms with Gasteiger partial charge in [0.25, 0.3) is 0 Å². The second-order valence-corrected chi connectivity index (χ2v) is 5.15. The molecule has 1 aliphatic rings. The predicted octanol–water partition coefficient (Wildman–Crippen LogP) is 2.77. The fourth-order valence-corrected chi connectivity index (χ4v) is 2.65. The minimum absolute atomic E-state index is 0.320. The van der Waals surface area contributed by atoms with E-state index in [0.717, 1.165) is 24.4 Å². The second-order valence-electron chi connectivity index (χ2n) is 5.15. The van der Waals surface area contributed by atoms with E-state index in [9.17, 15) is 4.79 Å². The SMILES string of the molecule is COc1ccc(C(=O)O)cc1CN1CCCCC1C. The van der Waals surface area contributed by atoms with E-state index in [1.165, 1.54) is 19.3 Å². The Morgan fingerprint density at radius 1 is 1.47 bits per heavy atom. The normalized spacial score (nSPS) is 20.2. The quantitative estimate of drug-likeness (QED) is 0.907. The van der Waals surface area contributed by atoms with Gasteiger partial charge in [0.2, 0.25) is 0 Å². The zero-order valence-corrected chi connectivity index (χ0v) is 11.6. The second kappa shape index (κ2) is 6.06. The molecule has 0 aliphatic carbocycles. The summed E-state index contributed by atoms with van der Waals surface area (Å²) in [6.07, 6.45) is 3.70. The van der Waals surface area contributed by atoms with Crippen molar-refractivity contribution < 1.29 is 14.6 Å². The standard InChI is InChI=1S/C15H21NO3/c1-11-5-3-4-8-16(11)10-13-9-12(15(17)18)6-7-14(13)19-2/h6-7,9,11H,3-5,8,10H2,1-2H3,(H,17,18). The first-order valence-corrected chi connectivity index (χ1v) is 6.76. The molecule has 0 spiro atoms. The zero-order chi connectivity index (χ0) is 13.8. The first-order valence-electron chi connectivity index (χ1n) is 6.76. The van der Waals surface area contributed by atoms with Crippen molar-refractivity contribution in [3.63, 3.8) is 0 Å². The number of benzene rings is 1. The Bertz CT molecular complexity index is 459. The molecule has 0 radical (unpaired) electrons. The lowest BCUT2D eigenvalue weighted by Crippen LogP contribution is -2.36. The van der Waals surface area contributed by atoms with Crippen LogP contribution < -0.4 is 4.74 Å². The fraction of sp³-hybridized carbons (Fsp3) is 0.533. The maximum absolute atomic E-state index is 11.1. The van der Waals surface area contributed by atoms with Gasteiger partial charge in [-0.1, -0.05) is 6.42 Å². The van der Waals surface area contributed by atoms with Crippen LogP contribution in [0.5, 0.6) is 5.75 Å². The van der Waals surface area contributed by atoms with Crippen LogP contribution in [0.2, 0.25) is 0 Å². The molecule has 1 aromatic rings. The Balaban J connectivity index is 2.21. The van der Waals surface area contributed by atoms with Gasteiger partial charge in [0.1, 0.15) is 5.75 Å². The molecule has 1 fully saturated rings. The molecule has 104 valence electrons. The summed E-state index contributed by atoms with van der Waals surface area (Å²) in [4.78, 5) is 13.5. The van der Waals surface area contributed by atoms with Crippen LogP contribution in [0.3, 0.4) is 0 Å². The maximum Gasteiger partial charge on any atom is 0.335 e. The molecule has 2 rings (SSSR count). The van der Waals surface area contributed by atoms with Crippen molar-refractivity contribution in [3.05, 3.63) is 29.3 Å². The van der Waals surface area contributed by atoms with Crippen molar-refractivity contribution in [2.24, 2.45) is 0 Å². The lowest BCUT2D eigenvalue weighted by Gasteiger charge is -2.33. The maximum atomic E-state index is 11.1. The van der Waals surface area contributed by atoms with E-state index in [1.54, 1.807) is 25.3 Å². The average molecular weight is 263 g/mol. The van der Waals surface area contributed by atoms with Crippen molar-refractivity contribution in [1.82, 2.24) is 4.90 Å². The van der Waals surface area contributed by atoms with E-state index in [4.69, 9.17) is 9.84 Å². The van der Waals surface area contributed by atoms with Gasteiger partial charge in [-0.25, -0.2) is 4.79 Å². The van der Waals surface area contributed by atoms with Gasteiger partial charge in [-0.3, -0.25) is 4.90 Å². The van der Waals surface area contributed by atoms with Gasteiger partial charge in [0, 0.05) is 18.2 Å². The van der Waals surface area contributed by atoms with Crippen molar-refractivity contribution >= 4 is 5.97 Å². The molecule has 1 saturated heterocycles. The van der Waals surface area contributed by atoms with Crippen molar-refractivity contribution in [1.29, 1.82) is 0 Å². The smallest absolute Gasteiger partial charge is 0.335 e. The minimum Gasteiger partial charge on any atom is -0.496 e. The number of carbonyl (C=O) groups is 1. The van der Waals surface area contributed by atoms with Gasteiger partial charge in [-0.05, 0) is 44.5 Å². The van der Waals surface area contributed by atoms with Gasteiger partial charge in [-0.15, -0.1) is 0 Å². The number of piperidine rings is 1. The topological polar surface area (TPSA) is 49.8 Å². The molecule has 4 nitrogen and oxygen atoms in total. The number of aromatic carboxylic acids is 1. The predicted molar refractivity (Wildman–Crippen MR) is 73.7 cm³/mol. The van der Waals surface area contributed by atoms with Crippen LogP contribution in [-0.2, 0) is 6.54 Å². The van der Waals surface area contributed by atoms with Crippen LogP contribution in [0.15, 0.2) is 18.2 Å². The monoisotopic (exact) mass is 263 g/mol. The summed E-state index contributed by atoms with van der Waals surface area (Å²) in [5.74, 6) is -0.127. The Hall–Kier alpha value is -1.55. The van der Waals surface area contributed by atoms with Crippen LogP contribution >= 0.6 is 0 Å². The average Bonchev–Trinajstić information content (AvgIpc) is 2.41. The fourth-order valence-electron chi connectivity index (χ4n) is 2.65. The highest BCUT2D eigenvalue weighted by molar-refractivity contribution is 5.88. The lowest BCUT2D eigenvalue weighted by atomic mass is 10.0. The third-order valence-electron chi connectivity index (χ3n) is 3.84. The summed E-state index contributed by atoms with van der Waals surface area (Å²) in [6.45, 7) is 4.06. The number of carboxylic acid groups (broad SMARTS) is 1. The van der Waals surface area contributed by atoms with E-state index in [2.05, 4.69) is 11.8 Å². The molecule has 0 aromatic heterocycles. The molecule has 1 N–H and O–H groups in total. The molecule has 1 unspecified atom stereocenters. The Morgan fingerprint density at radius 3 is 2.89 bits per heavy atom. The summed E-state index contributed by atoms with van der Waals surface area (Å²) in [5, 5.41) is 9.08. The number of nitrogens with zero attached hydrogens (tertiary/aromatic N) is 1. The van der Waals surface area contributed by atoms with E-state index in [0.29, 0.717) is 11.6 Å². The highest BCUT2D eigenvalue weighted by atomic mass is 16.5. The van der Waals surface area contributed by atoms with Gasteiger partial charge in [-0.2, -0.15) is 0 Å². The van der Waals surface area contributed by atoms with Crippen molar-refractivity contribution in [2.75, 3.05) is 13.7 Å². The number of rotatable bonds is 4. The van der Waals surface area contributed by atoms with Crippen LogP contribution in [0.4, 0.5) is 0 Å². The molecule has 1 heterocycles. The third kappa shape index (κ3) is 3.26. The Morgan fingerprint density at radius 2 is 2.26 bits per heavy atom. The first kappa shape index (κ1) is 13.9. The minimum atomic E-state index is -0.893. The molecule has 1 aromatic carbocycles. The number of hydrogen-bond donors (Lipinski definition) is 1. The van der Waals surface area contributed by atoms with Crippen LogP contribution in [0, 0.1) is 0 Å². The lowest BCUT2D eigenvalue weighted by molar-refractivity contribution is 0.0696. The summed E-state index contributed by atoms with van der Waals surface area (Å²) in [7, 11) is 1.62. The van der Waals surface area contributed by atoms with Gasteiger partial charge in [0.15, 0.2) is 0 Å². The van der Waals surface area contributed by atoms with E-state index in [-0.39, 0.29) is 0 Å². The number of ether oxygens (including phenoxy) is 1. The summed E-state index contributed by atoms with van der Waals surface area (Å²) < 4.78 is 5.34. The van der Waals surface area contributed by atoms with E-state index in [1.807, 2.05) is 0 Å². The number of likely N-dealkylation sites (tertiary alicyclic amines) is 1. The molecule has 0 bridgehead atoms. The molecular formula is C15H21NO3. The Kier molecular flexibility index (Phi) is 4.43. The van der Waals surface area contributed by atoms with Crippen LogP contribution in [-0.4, -0.2) is 35.7 Å². The molecular weight excluding hydrogens is 242 g/mol. The summed E-state index contributed by atoms with van der Waals surface area (Å²) in [6, 6.07) is 5.60. The molecule has 0 amide bonds. The Labute approximate surface area is 114 Å². The summed E-state index contributed by atoms with van der Waals surface area (Å²) >= 11 is 0. The third-order valence-corrected chi connectivity index (χ3v) is 3.84. The van der Waals surface area contributed by atoms with Crippen LogP contribution in [0.25, 0.3) is 0 Å². The number of carboxylic acids is 1. The molecule has 1 aliphatic heterocycles. The van der Waals surface area contributed by atoms with Gasteiger partial charge < -0.3 is 9.84 Å². The number of hydrogen-bond acceptors (Lipinski definition) is 3. The number of methoxy groups -OCH3 is 1. The van der Waals surface area contributed by atoms with Crippen molar-refractivity contribution in [2.45, 2.75) is 38.8 Å². The highest BCUT2D eigenvalue weighted by Crippen LogP contribution is 2.25. The largest absolute Gasteiger partial charge is 0.496 e. The van der Waals surface area contributed by atoms with E-state index < -0.39 is 5.97 Å². The summed E-state index contributed by atoms with van der Waals surface area (Å²) in [5.41, 5.74) is 1.27. The first-order chi connectivity index (χ1) is 9.11. The molecule has 0 saturated carbocycles. The van der Waals surface area contributed by atoms with Gasteiger partial charge >= 0.3 is 5.97 Å². The zero-order valence-electron chi connectivity index (χ0n) is 11.6. The van der Waals surface area contributed by atoms with Gasteiger partial charge in [0.05, 0.1) is 12.7 Å². The van der Waals surface area contributed by atoms with Crippen LogP contribution in [0.1, 0.15) is 42.1 Å². The molecule has 1 atom stereocenters. The molecule has 4 heteroatoms. The van der Waals surface area contributed by atoms with E-state index >= 15 is 0 Å².